The zero-order valence-corrected chi connectivity index (χ0v) is 22.1. The Hall–Kier alpha value is -2.38. The summed E-state index contributed by atoms with van der Waals surface area (Å²) in [7, 11) is 0. The molecule has 0 atom stereocenters. The number of benzene rings is 3. The first-order valence-electron chi connectivity index (χ1n) is 14.2. The molecule has 1 N–H and O–H groups in total. The summed E-state index contributed by atoms with van der Waals surface area (Å²) in [5, 5.41) is 3.78. The molecule has 3 aromatic rings. The SMILES string of the molecule is CCCCCCCCCCCCCNCCC(c1ccccc1)(c1ccccc1)c1ccccc1. The number of hydrogen-bond donors (Lipinski definition) is 1. The largest absolute Gasteiger partial charge is 0.317 e. The summed E-state index contributed by atoms with van der Waals surface area (Å²) in [6.07, 6.45) is 16.4. The van der Waals surface area contributed by atoms with Crippen LogP contribution in [0.15, 0.2) is 91.0 Å². The average Bonchev–Trinajstić information content (AvgIpc) is 2.93. The van der Waals surface area contributed by atoms with Crippen molar-refractivity contribution in [3.63, 3.8) is 0 Å². The van der Waals surface area contributed by atoms with Crippen LogP contribution in [0.1, 0.15) is 101 Å². The minimum atomic E-state index is -0.145. The summed E-state index contributed by atoms with van der Waals surface area (Å²) in [5.74, 6) is 0. The molecule has 0 spiro atoms. The Balaban J connectivity index is 1.49. The Bertz CT molecular complexity index is 791. The Kier molecular flexibility index (Phi) is 12.7. The van der Waals surface area contributed by atoms with Gasteiger partial charge >= 0.3 is 0 Å². The second-order valence-corrected chi connectivity index (χ2v) is 10.0. The van der Waals surface area contributed by atoms with Gasteiger partial charge in [-0.3, -0.25) is 0 Å². The molecule has 1 nitrogen and oxygen atoms in total. The van der Waals surface area contributed by atoms with Crippen LogP contribution in [0.2, 0.25) is 0 Å². The quantitative estimate of drug-likeness (QED) is 0.144. The van der Waals surface area contributed by atoms with Gasteiger partial charge in [-0.15, -0.1) is 0 Å². The van der Waals surface area contributed by atoms with Gasteiger partial charge in [-0.25, -0.2) is 0 Å². The molecule has 0 fully saturated rings. The van der Waals surface area contributed by atoms with Gasteiger partial charge in [-0.05, 0) is 42.6 Å². The zero-order chi connectivity index (χ0) is 24.4. The zero-order valence-electron chi connectivity index (χ0n) is 22.1. The molecular weight excluding hydrogens is 422 g/mol. The summed E-state index contributed by atoms with van der Waals surface area (Å²) < 4.78 is 0. The van der Waals surface area contributed by atoms with Gasteiger partial charge in [-0.2, -0.15) is 0 Å². The van der Waals surface area contributed by atoms with Crippen molar-refractivity contribution in [2.24, 2.45) is 0 Å². The van der Waals surface area contributed by atoms with Gasteiger partial charge in [0.15, 0.2) is 0 Å². The predicted molar refractivity (Wildman–Crippen MR) is 153 cm³/mol. The first-order valence-corrected chi connectivity index (χ1v) is 14.2. The third-order valence-electron chi connectivity index (χ3n) is 7.43. The molecule has 0 heterocycles. The molecule has 3 rings (SSSR count). The van der Waals surface area contributed by atoms with E-state index in [2.05, 4.69) is 103 Å². The van der Waals surface area contributed by atoms with Crippen molar-refractivity contribution in [2.75, 3.05) is 13.1 Å². The molecule has 0 saturated heterocycles. The van der Waals surface area contributed by atoms with Gasteiger partial charge in [0.2, 0.25) is 0 Å². The maximum absolute atomic E-state index is 3.78. The number of hydrogen-bond acceptors (Lipinski definition) is 1. The minimum Gasteiger partial charge on any atom is -0.317 e. The Morgan fingerprint density at radius 1 is 0.457 bits per heavy atom. The first-order chi connectivity index (χ1) is 17.4. The van der Waals surface area contributed by atoms with Crippen LogP contribution >= 0.6 is 0 Å². The topological polar surface area (TPSA) is 12.0 Å². The molecule has 0 saturated carbocycles. The van der Waals surface area contributed by atoms with E-state index in [1.165, 1.54) is 87.3 Å². The number of nitrogens with one attached hydrogen (secondary N) is 1. The molecule has 0 aliphatic heterocycles. The van der Waals surface area contributed by atoms with Gasteiger partial charge in [0, 0.05) is 5.41 Å². The summed E-state index contributed by atoms with van der Waals surface area (Å²) >= 11 is 0. The van der Waals surface area contributed by atoms with Crippen LogP contribution in [-0.4, -0.2) is 13.1 Å². The highest BCUT2D eigenvalue weighted by molar-refractivity contribution is 5.50. The summed E-state index contributed by atoms with van der Waals surface area (Å²) in [6.45, 7) is 4.42. The smallest absolute Gasteiger partial charge is 0.0463 e. The average molecular weight is 470 g/mol. The maximum Gasteiger partial charge on any atom is 0.0463 e. The van der Waals surface area contributed by atoms with Crippen molar-refractivity contribution >= 4 is 0 Å². The molecule has 1 heteroatoms. The van der Waals surface area contributed by atoms with E-state index in [-0.39, 0.29) is 5.41 Å². The van der Waals surface area contributed by atoms with Crippen molar-refractivity contribution in [3.8, 4) is 0 Å². The van der Waals surface area contributed by atoms with Crippen molar-refractivity contribution in [2.45, 2.75) is 89.4 Å². The van der Waals surface area contributed by atoms with Crippen LogP contribution in [0, 0.1) is 0 Å². The third-order valence-corrected chi connectivity index (χ3v) is 7.43. The van der Waals surface area contributed by atoms with Crippen LogP contribution in [0.25, 0.3) is 0 Å². The summed E-state index contributed by atoms with van der Waals surface area (Å²) in [4.78, 5) is 0. The fourth-order valence-corrected chi connectivity index (χ4v) is 5.42. The fraction of sp³-hybridized carbons (Fsp3) is 0.471. The van der Waals surface area contributed by atoms with E-state index < -0.39 is 0 Å². The Morgan fingerprint density at radius 3 is 1.23 bits per heavy atom. The lowest BCUT2D eigenvalue weighted by atomic mass is 9.67. The Labute approximate surface area is 215 Å². The Morgan fingerprint density at radius 2 is 0.829 bits per heavy atom. The lowest BCUT2D eigenvalue weighted by molar-refractivity contribution is 0.502. The fourth-order valence-electron chi connectivity index (χ4n) is 5.42. The summed E-state index contributed by atoms with van der Waals surface area (Å²) in [6, 6.07) is 33.2. The molecular formula is C34H47N. The highest BCUT2D eigenvalue weighted by Gasteiger charge is 2.35. The molecule has 0 radical (unpaired) electrons. The normalized spacial score (nSPS) is 11.6. The number of rotatable bonds is 18. The predicted octanol–water partition coefficient (Wildman–Crippen LogP) is 9.31. The number of unbranched alkanes of at least 4 members (excludes halogenated alkanes) is 10. The van der Waals surface area contributed by atoms with E-state index in [0.717, 1.165) is 19.5 Å². The lowest BCUT2D eigenvalue weighted by Crippen LogP contribution is -2.34. The molecule has 0 aliphatic rings. The highest BCUT2D eigenvalue weighted by Crippen LogP contribution is 2.41. The third kappa shape index (κ3) is 8.65. The molecule has 188 valence electrons. The molecule has 35 heavy (non-hydrogen) atoms. The van der Waals surface area contributed by atoms with Gasteiger partial charge in [0.1, 0.15) is 0 Å². The lowest BCUT2D eigenvalue weighted by Gasteiger charge is -2.36. The van der Waals surface area contributed by atoms with Crippen LogP contribution in [0.4, 0.5) is 0 Å². The van der Waals surface area contributed by atoms with E-state index in [0.29, 0.717) is 0 Å². The molecule has 0 unspecified atom stereocenters. The van der Waals surface area contributed by atoms with E-state index in [1.807, 2.05) is 0 Å². The van der Waals surface area contributed by atoms with Gasteiger partial charge in [0.25, 0.3) is 0 Å². The molecule has 0 bridgehead atoms. The van der Waals surface area contributed by atoms with Crippen molar-refractivity contribution in [3.05, 3.63) is 108 Å². The second-order valence-electron chi connectivity index (χ2n) is 10.0. The molecule has 3 aromatic carbocycles. The van der Waals surface area contributed by atoms with Crippen LogP contribution < -0.4 is 5.32 Å². The highest BCUT2D eigenvalue weighted by atomic mass is 14.8. The van der Waals surface area contributed by atoms with Crippen LogP contribution in [-0.2, 0) is 5.41 Å². The van der Waals surface area contributed by atoms with Gasteiger partial charge in [-0.1, -0.05) is 162 Å². The van der Waals surface area contributed by atoms with E-state index in [9.17, 15) is 0 Å². The van der Waals surface area contributed by atoms with Crippen LogP contribution in [0.5, 0.6) is 0 Å². The van der Waals surface area contributed by atoms with E-state index in [1.54, 1.807) is 0 Å². The van der Waals surface area contributed by atoms with Gasteiger partial charge < -0.3 is 5.32 Å². The van der Waals surface area contributed by atoms with Gasteiger partial charge in [0.05, 0.1) is 0 Å². The second kappa shape index (κ2) is 16.3. The monoisotopic (exact) mass is 469 g/mol. The minimum absolute atomic E-state index is 0.145. The molecule has 0 aliphatic carbocycles. The van der Waals surface area contributed by atoms with E-state index in [4.69, 9.17) is 0 Å². The summed E-state index contributed by atoms with van der Waals surface area (Å²) in [5.41, 5.74) is 3.96. The van der Waals surface area contributed by atoms with Crippen LogP contribution in [0.3, 0.4) is 0 Å². The standard InChI is InChI=1S/C34H47N/c1-2-3-4-5-6-7-8-9-10-11-21-29-35-30-28-34(31-22-15-12-16-23-31,32-24-17-13-18-25-32)33-26-19-14-20-27-33/h12-20,22-27,35H,2-11,21,28-30H2,1H3. The maximum atomic E-state index is 3.78. The van der Waals surface area contributed by atoms with Crippen molar-refractivity contribution < 1.29 is 0 Å². The molecule has 0 amide bonds. The molecule has 0 aromatic heterocycles. The van der Waals surface area contributed by atoms with E-state index >= 15 is 0 Å². The van der Waals surface area contributed by atoms with Crippen molar-refractivity contribution in [1.29, 1.82) is 0 Å². The van der Waals surface area contributed by atoms with Crippen molar-refractivity contribution in [1.82, 2.24) is 5.32 Å². The first kappa shape index (κ1) is 27.2.